The first-order chi connectivity index (χ1) is 23.8. The molecule has 0 radical (unpaired) electrons. The van der Waals surface area contributed by atoms with Gasteiger partial charge in [-0.3, -0.25) is 9.59 Å². The monoisotopic (exact) mass is 703 g/mol. The van der Waals surface area contributed by atoms with Crippen LogP contribution in [0.15, 0.2) is 0 Å². The van der Waals surface area contributed by atoms with E-state index in [0.29, 0.717) is 6.42 Å². The highest BCUT2D eigenvalue weighted by molar-refractivity contribution is 5.70. The summed E-state index contributed by atoms with van der Waals surface area (Å²) in [4.78, 5) is 24.9. The SMILES string of the molecule is CCCCCCCCCCCCCCCCCCCCCCC(=O)OC(COC(=O)CCCCCC)COC1OC(CO)C(O)C(O)C1O. The maximum Gasteiger partial charge on any atom is 0.306 e. The second-order valence-electron chi connectivity index (χ2n) is 14.1. The number of hydrogen-bond donors (Lipinski definition) is 4. The van der Waals surface area contributed by atoms with Crippen LogP contribution < -0.4 is 0 Å². The lowest BCUT2D eigenvalue weighted by molar-refractivity contribution is -0.305. The van der Waals surface area contributed by atoms with Gasteiger partial charge in [0.15, 0.2) is 12.4 Å². The van der Waals surface area contributed by atoms with Crippen LogP contribution in [0.5, 0.6) is 0 Å². The minimum atomic E-state index is -1.59. The van der Waals surface area contributed by atoms with E-state index in [-0.39, 0.29) is 32.0 Å². The first kappa shape index (κ1) is 45.7. The molecule has 1 rings (SSSR count). The standard InChI is InChI=1S/C39H74O10/c1-3-5-7-9-10-11-12-13-14-15-16-17-18-19-20-21-22-23-24-26-28-35(42)48-32(30-46-34(41)27-25-8-6-4-2)31-47-39-38(45)37(44)36(43)33(29-40)49-39/h32-33,36-40,43-45H,3-31H2,1-2H3. The zero-order valence-electron chi connectivity index (χ0n) is 31.2. The molecule has 0 aromatic carbocycles. The van der Waals surface area contributed by atoms with Gasteiger partial charge in [0.1, 0.15) is 31.0 Å². The Labute approximate surface area is 298 Å². The van der Waals surface area contributed by atoms with Crippen molar-refractivity contribution < 1.29 is 49.0 Å². The van der Waals surface area contributed by atoms with Crippen molar-refractivity contribution in [2.24, 2.45) is 0 Å². The Balaban J connectivity index is 2.21. The molecule has 49 heavy (non-hydrogen) atoms. The molecule has 1 heterocycles. The molecule has 1 saturated heterocycles. The van der Waals surface area contributed by atoms with E-state index in [4.69, 9.17) is 18.9 Å². The molecule has 1 aliphatic heterocycles. The predicted molar refractivity (Wildman–Crippen MR) is 192 cm³/mol. The van der Waals surface area contributed by atoms with E-state index in [1.807, 2.05) is 0 Å². The lowest BCUT2D eigenvalue weighted by Crippen LogP contribution is -2.59. The molecule has 290 valence electrons. The van der Waals surface area contributed by atoms with Crippen molar-refractivity contribution >= 4 is 11.9 Å². The van der Waals surface area contributed by atoms with Crippen molar-refractivity contribution in [3.63, 3.8) is 0 Å². The lowest BCUT2D eigenvalue weighted by atomic mass is 9.99. The molecule has 1 fully saturated rings. The van der Waals surface area contributed by atoms with Crippen LogP contribution in [0.1, 0.15) is 181 Å². The number of aliphatic hydroxyl groups is 4. The summed E-state index contributed by atoms with van der Waals surface area (Å²) < 4.78 is 21.9. The van der Waals surface area contributed by atoms with Crippen molar-refractivity contribution in [1.29, 1.82) is 0 Å². The lowest BCUT2D eigenvalue weighted by Gasteiger charge is -2.39. The highest BCUT2D eigenvalue weighted by Gasteiger charge is 2.44. The van der Waals surface area contributed by atoms with Crippen LogP contribution >= 0.6 is 0 Å². The summed E-state index contributed by atoms with van der Waals surface area (Å²) in [6.07, 6.45) is 21.9. The Hall–Kier alpha value is -1.30. The highest BCUT2D eigenvalue weighted by atomic mass is 16.7. The molecule has 1 aliphatic rings. The fraction of sp³-hybridized carbons (Fsp3) is 0.949. The van der Waals surface area contributed by atoms with Gasteiger partial charge in [-0.2, -0.15) is 0 Å². The number of carbonyl (C=O) groups excluding carboxylic acids is 2. The molecule has 6 unspecified atom stereocenters. The topological polar surface area (TPSA) is 152 Å². The molecule has 0 saturated carbocycles. The Morgan fingerprint density at radius 2 is 0.959 bits per heavy atom. The van der Waals surface area contributed by atoms with Gasteiger partial charge >= 0.3 is 11.9 Å². The van der Waals surface area contributed by atoms with Crippen LogP contribution in [-0.4, -0.2) is 89.0 Å². The van der Waals surface area contributed by atoms with Gasteiger partial charge in [0.05, 0.1) is 13.2 Å². The quantitative estimate of drug-likeness (QED) is 0.0401. The number of rotatable bonds is 33. The highest BCUT2D eigenvalue weighted by Crippen LogP contribution is 2.22. The smallest absolute Gasteiger partial charge is 0.306 e. The molecule has 4 N–H and O–H groups in total. The van der Waals surface area contributed by atoms with E-state index in [9.17, 15) is 30.0 Å². The van der Waals surface area contributed by atoms with Gasteiger partial charge in [0, 0.05) is 12.8 Å². The summed E-state index contributed by atoms with van der Waals surface area (Å²) in [7, 11) is 0. The molecular weight excluding hydrogens is 628 g/mol. The fourth-order valence-corrected chi connectivity index (χ4v) is 6.25. The molecule has 0 bridgehead atoms. The molecule has 0 amide bonds. The van der Waals surface area contributed by atoms with Gasteiger partial charge in [0.25, 0.3) is 0 Å². The summed E-state index contributed by atoms with van der Waals surface area (Å²) in [6, 6.07) is 0. The Morgan fingerprint density at radius 1 is 0.551 bits per heavy atom. The van der Waals surface area contributed by atoms with Crippen LogP contribution in [0.3, 0.4) is 0 Å². The van der Waals surface area contributed by atoms with Crippen LogP contribution in [0.2, 0.25) is 0 Å². The van der Waals surface area contributed by atoms with E-state index in [1.54, 1.807) is 0 Å². The third kappa shape index (κ3) is 23.7. The van der Waals surface area contributed by atoms with E-state index in [0.717, 1.165) is 44.9 Å². The molecule has 6 atom stereocenters. The van der Waals surface area contributed by atoms with Gasteiger partial charge in [-0.15, -0.1) is 0 Å². The van der Waals surface area contributed by atoms with Crippen molar-refractivity contribution in [2.45, 2.75) is 218 Å². The largest absolute Gasteiger partial charge is 0.462 e. The van der Waals surface area contributed by atoms with Crippen molar-refractivity contribution in [3.8, 4) is 0 Å². The van der Waals surface area contributed by atoms with Crippen molar-refractivity contribution in [2.75, 3.05) is 19.8 Å². The van der Waals surface area contributed by atoms with Crippen LogP contribution in [0, 0.1) is 0 Å². The molecule has 0 spiro atoms. The first-order valence-electron chi connectivity index (χ1n) is 20.1. The minimum Gasteiger partial charge on any atom is -0.462 e. The number of unbranched alkanes of at least 4 members (excludes halogenated alkanes) is 22. The Kier molecular flexibility index (Phi) is 29.3. The summed E-state index contributed by atoms with van der Waals surface area (Å²) in [6.45, 7) is 3.30. The van der Waals surface area contributed by atoms with Crippen LogP contribution in [-0.2, 0) is 28.5 Å². The predicted octanol–water partition coefficient (Wildman–Crippen LogP) is 7.44. The summed E-state index contributed by atoms with van der Waals surface area (Å²) >= 11 is 0. The van der Waals surface area contributed by atoms with Gasteiger partial charge in [-0.05, 0) is 12.8 Å². The van der Waals surface area contributed by atoms with Crippen molar-refractivity contribution in [3.05, 3.63) is 0 Å². The minimum absolute atomic E-state index is 0.213. The number of ether oxygens (including phenoxy) is 4. The van der Waals surface area contributed by atoms with Gasteiger partial charge < -0.3 is 39.4 Å². The number of hydrogen-bond acceptors (Lipinski definition) is 10. The summed E-state index contributed by atoms with van der Waals surface area (Å²) in [5, 5.41) is 39.7. The normalized spacial score (nSPS) is 21.5. The Bertz CT molecular complexity index is 779. The molecule has 10 heteroatoms. The second kappa shape index (κ2) is 31.4. The van der Waals surface area contributed by atoms with Crippen LogP contribution in [0.25, 0.3) is 0 Å². The molecule has 0 aromatic rings. The number of carbonyl (C=O) groups is 2. The summed E-state index contributed by atoms with van der Waals surface area (Å²) in [5.41, 5.74) is 0. The maximum atomic E-state index is 12.6. The van der Waals surface area contributed by atoms with Gasteiger partial charge in [-0.25, -0.2) is 0 Å². The molecular formula is C39H74O10. The van der Waals surface area contributed by atoms with Gasteiger partial charge in [0.2, 0.25) is 0 Å². The average molecular weight is 703 g/mol. The average Bonchev–Trinajstić information content (AvgIpc) is 3.10. The fourth-order valence-electron chi connectivity index (χ4n) is 6.25. The molecule has 10 nitrogen and oxygen atoms in total. The van der Waals surface area contributed by atoms with Crippen molar-refractivity contribution in [1.82, 2.24) is 0 Å². The molecule has 0 aliphatic carbocycles. The van der Waals surface area contributed by atoms with E-state index >= 15 is 0 Å². The third-order valence-electron chi connectivity index (χ3n) is 9.49. The van der Waals surface area contributed by atoms with E-state index in [2.05, 4.69) is 13.8 Å². The molecule has 0 aromatic heterocycles. The third-order valence-corrected chi connectivity index (χ3v) is 9.49. The zero-order valence-corrected chi connectivity index (χ0v) is 31.2. The number of esters is 2. The Morgan fingerprint density at radius 3 is 1.41 bits per heavy atom. The van der Waals surface area contributed by atoms with E-state index in [1.165, 1.54) is 103 Å². The zero-order chi connectivity index (χ0) is 36.0. The second-order valence-corrected chi connectivity index (χ2v) is 14.1. The van der Waals surface area contributed by atoms with Gasteiger partial charge in [-0.1, -0.05) is 155 Å². The van der Waals surface area contributed by atoms with Crippen LogP contribution in [0.4, 0.5) is 0 Å². The summed E-state index contributed by atoms with van der Waals surface area (Å²) in [5.74, 6) is -0.817. The maximum absolute atomic E-state index is 12.6. The van der Waals surface area contributed by atoms with E-state index < -0.39 is 49.4 Å². The first-order valence-corrected chi connectivity index (χ1v) is 20.1. The number of aliphatic hydroxyl groups excluding tert-OH is 4.